The summed E-state index contributed by atoms with van der Waals surface area (Å²) in [6, 6.07) is 1.19. The van der Waals surface area contributed by atoms with Gasteiger partial charge in [-0.1, -0.05) is 0 Å². The normalized spacial score (nSPS) is 10.5. The van der Waals surface area contributed by atoms with E-state index >= 15 is 0 Å². The zero-order chi connectivity index (χ0) is 12.6. The van der Waals surface area contributed by atoms with E-state index in [4.69, 9.17) is 5.11 Å². The Bertz CT molecular complexity index is 592. The van der Waals surface area contributed by atoms with Crippen molar-refractivity contribution in [1.29, 1.82) is 0 Å². The Kier molecular flexibility index (Phi) is 2.63. The van der Waals surface area contributed by atoms with Crippen LogP contribution < -0.4 is 0 Å². The smallest absolute Gasteiger partial charge is 0.357 e. The van der Waals surface area contributed by atoms with Gasteiger partial charge in [0.1, 0.15) is 5.82 Å². The van der Waals surface area contributed by atoms with E-state index in [2.05, 4.69) is 10.1 Å². The van der Waals surface area contributed by atoms with E-state index in [1.807, 2.05) is 0 Å². The summed E-state index contributed by atoms with van der Waals surface area (Å²) in [6.45, 7) is 1.68. The lowest BCUT2D eigenvalue weighted by atomic mass is 10.1. The van der Waals surface area contributed by atoms with Crippen LogP contribution in [0.25, 0.3) is 11.1 Å². The largest absolute Gasteiger partial charge is 0.476 e. The average molecular weight is 235 g/mol. The van der Waals surface area contributed by atoms with Gasteiger partial charge in [-0.25, -0.2) is 9.18 Å². The van der Waals surface area contributed by atoms with E-state index in [-0.39, 0.29) is 16.8 Å². The maximum Gasteiger partial charge on any atom is 0.357 e. The molecule has 2 aromatic rings. The number of aromatic carboxylic acids is 1. The number of hydrogen-bond acceptors (Lipinski definition) is 3. The molecule has 0 aromatic carbocycles. The molecular formula is C11H10FN3O2. The van der Waals surface area contributed by atoms with Crippen LogP contribution in [-0.2, 0) is 7.05 Å². The summed E-state index contributed by atoms with van der Waals surface area (Å²) in [5.41, 5.74) is 0.826. The first-order valence-electron chi connectivity index (χ1n) is 4.89. The molecule has 0 fully saturated rings. The second-order valence-electron chi connectivity index (χ2n) is 3.59. The van der Waals surface area contributed by atoms with Crippen molar-refractivity contribution in [3.63, 3.8) is 0 Å². The van der Waals surface area contributed by atoms with Crippen LogP contribution in [0.5, 0.6) is 0 Å². The first-order chi connectivity index (χ1) is 8.02. The third kappa shape index (κ3) is 1.77. The molecule has 0 amide bonds. The second kappa shape index (κ2) is 3.97. The van der Waals surface area contributed by atoms with Crippen LogP contribution >= 0.6 is 0 Å². The van der Waals surface area contributed by atoms with Crippen molar-refractivity contribution < 1.29 is 14.3 Å². The number of rotatable bonds is 2. The Morgan fingerprint density at radius 2 is 2.24 bits per heavy atom. The number of carbonyl (C=O) groups is 1. The molecule has 88 valence electrons. The Morgan fingerprint density at radius 1 is 1.53 bits per heavy atom. The minimum atomic E-state index is -1.19. The minimum Gasteiger partial charge on any atom is -0.476 e. The van der Waals surface area contributed by atoms with Gasteiger partial charge in [0.15, 0.2) is 5.69 Å². The summed E-state index contributed by atoms with van der Waals surface area (Å²) in [6.07, 6.45) is 2.61. The Balaban J connectivity index is 2.75. The minimum absolute atomic E-state index is 0.149. The Labute approximate surface area is 96.5 Å². The van der Waals surface area contributed by atoms with E-state index in [0.717, 1.165) is 0 Å². The van der Waals surface area contributed by atoms with Gasteiger partial charge >= 0.3 is 5.97 Å². The van der Waals surface area contributed by atoms with E-state index in [1.165, 1.54) is 23.1 Å². The highest BCUT2D eigenvalue weighted by Crippen LogP contribution is 2.28. The number of pyridine rings is 1. The molecule has 0 bridgehead atoms. The molecule has 0 atom stereocenters. The molecule has 0 spiro atoms. The summed E-state index contributed by atoms with van der Waals surface area (Å²) < 4.78 is 15.0. The third-order valence-corrected chi connectivity index (χ3v) is 2.57. The van der Waals surface area contributed by atoms with Crippen molar-refractivity contribution in [3.05, 3.63) is 35.7 Å². The molecule has 6 heteroatoms. The lowest BCUT2D eigenvalue weighted by Crippen LogP contribution is -2.01. The van der Waals surface area contributed by atoms with E-state index < -0.39 is 11.8 Å². The average Bonchev–Trinajstić information content (AvgIpc) is 2.57. The van der Waals surface area contributed by atoms with Gasteiger partial charge in [0.05, 0.1) is 0 Å². The summed E-state index contributed by atoms with van der Waals surface area (Å²) in [5.74, 6) is -1.70. The maximum atomic E-state index is 13.6. The number of carboxylic acids is 1. The second-order valence-corrected chi connectivity index (χ2v) is 3.59. The van der Waals surface area contributed by atoms with Crippen LogP contribution in [0, 0.1) is 12.7 Å². The van der Waals surface area contributed by atoms with Crippen LogP contribution in [0.15, 0.2) is 18.5 Å². The Morgan fingerprint density at radius 3 is 2.82 bits per heavy atom. The van der Waals surface area contributed by atoms with Gasteiger partial charge in [-0.2, -0.15) is 5.10 Å². The number of aryl methyl sites for hydroxylation is 1. The van der Waals surface area contributed by atoms with E-state index in [9.17, 15) is 9.18 Å². The highest BCUT2D eigenvalue weighted by atomic mass is 19.1. The summed E-state index contributed by atoms with van der Waals surface area (Å²) in [5, 5.41) is 12.9. The summed E-state index contributed by atoms with van der Waals surface area (Å²) in [4.78, 5) is 14.9. The fraction of sp³-hybridized carbons (Fsp3) is 0.182. The van der Waals surface area contributed by atoms with Crippen LogP contribution in [0.4, 0.5) is 4.39 Å². The summed E-state index contributed by atoms with van der Waals surface area (Å²) in [7, 11) is 1.61. The molecule has 2 heterocycles. The number of halogens is 1. The van der Waals surface area contributed by atoms with Gasteiger partial charge in [-0.15, -0.1) is 0 Å². The van der Waals surface area contributed by atoms with Gasteiger partial charge in [0.25, 0.3) is 0 Å². The van der Waals surface area contributed by atoms with Gasteiger partial charge < -0.3 is 5.11 Å². The van der Waals surface area contributed by atoms with Crippen molar-refractivity contribution in [3.8, 4) is 11.1 Å². The molecule has 0 radical (unpaired) electrons. The van der Waals surface area contributed by atoms with Gasteiger partial charge in [0.2, 0.25) is 0 Å². The van der Waals surface area contributed by atoms with Crippen molar-refractivity contribution in [2.45, 2.75) is 6.92 Å². The molecule has 0 saturated heterocycles. The number of nitrogens with zero attached hydrogens (tertiary/aromatic N) is 3. The van der Waals surface area contributed by atoms with Crippen molar-refractivity contribution in [1.82, 2.24) is 14.8 Å². The quantitative estimate of drug-likeness (QED) is 0.858. The van der Waals surface area contributed by atoms with Gasteiger partial charge in [0, 0.05) is 36.3 Å². The van der Waals surface area contributed by atoms with E-state index in [0.29, 0.717) is 5.69 Å². The van der Waals surface area contributed by atoms with Crippen LogP contribution in [0.3, 0.4) is 0 Å². The van der Waals surface area contributed by atoms with Crippen molar-refractivity contribution >= 4 is 5.97 Å². The first kappa shape index (κ1) is 11.3. The molecule has 0 saturated carbocycles. The fourth-order valence-electron chi connectivity index (χ4n) is 1.64. The number of aromatic nitrogens is 3. The highest BCUT2D eigenvalue weighted by molar-refractivity contribution is 5.94. The molecule has 2 aromatic heterocycles. The summed E-state index contributed by atoms with van der Waals surface area (Å²) >= 11 is 0. The lowest BCUT2D eigenvalue weighted by molar-refractivity contribution is 0.0690. The molecule has 0 aliphatic rings. The predicted molar refractivity (Wildman–Crippen MR) is 58.1 cm³/mol. The van der Waals surface area contributed by atoms with Crippen LogP contribution in [0.1, 0.15) is 16.2 Å². The monoisotopic (exact) mass is 235 g/mol. The predicted octanol–water partition coefficient (Wildman–Crippen LogP) is 1.63. The fourth-order valence-corrected chi connectivity index (χ4v) is 1.64. The molecule has 5 nitrogen and oxygen atoms in total. The number of hydrogen-bond donors (Lipinski definition) is 1. The zero-order valence-corrected chi connectivity index (χ0v) is 9.31. The van der Waals surface area contributed by atoms with Gasteiger partial charge in [-0.05, 0) is 13.0 Å². The highest BCUT2D eigenvalue weighted by Gasteiger charge is 2.22. The van der Waals surface area contributed by atoms with Crippen LogP contribution in [0.2, 0.25) is 0 Å². The molecule has 1 N–H and O–H groups in total. The van der Waals surface area contributed by atoms with Gasteiger partial charge in [-0.3, -0.25) is 9.67 Å². The molecule has 0 aliphatic carbocycles. The first-order valence-corrected chi connectivity index (χ1v) is 4.89. The van der Waals surface area contributed by atoms with Crippen molar-refractivity contribution in [2.75, 3.05) is 0 Å². The van der Waals surface area contributed by atoms with Crippen molar-refractivity contribution in [2.24, 2.45) is 7.05 Å². The molecule has 17 heavy (non-hydrogen) atoms. The third-order valence-electron chi connectivity index (χ3n) is 2.57. The van der Waals surface area contributed by atoms with Crippen LogP contribution in [-0.4, -0.2) is 25.8 Å². The molecule has 2 rings (SSSR count). The lowest BCUT2D eigenvalue weighted by Gasteiger charge is -2.02. The SMILES string of the molecule is Cc1c(-c2cnccc2F)c(C(=O)O)nn1C. The topological polar surface area (TPSA) is 68.0 Å². The molecular weight excluding hydrogens is 225 g/mol. The molecule has 0 unspecified atom stereocenters. The zero-order valence-electron chi connectivity index (χ0n) is 9.31. The number of carboxylic acid groups (broad SMARTS) is 1. The molecule has 0 aliphatic heterocycles. The Hall–Kier alpha value is -2.24. The van der Waals surface area contributed by atoms with E-state index in [1.54, 1.807) is 14.0 Å². The standard InChI is InChI=1S/C11H10FN3O2/c1-6-9(7-5-13-4-3-8(7)12)10(11(16)17)14-15(6)2/h3-5H,1-2H3,(H,16,17). The maximum absolute atomic E-state index is 13.6.